The molecule has 1 aromatic heterocycles. The topological polar surface area (TPSA) is 61.1 Å². The largest absolute Gasteiger partial charge is 0.316 e. The molecule has 0 radical (unpaired) electrons. The van der Waals surface area contributed by atoms with E-state index < -0.39 is 11.1 Å². The highest BCUT2D eigenvalue weighted by Crippen LogP contribution is 1.92. The van der Waals surface area contributed by atoms with Gasteiger partial charge in [0.25, 0.3) is 0 Å². The minimum absolute atomic E-state index is 0.0897. The van der Waals surface area contributed by atoms with Crippen molar-refractivity contribution in [3.8, 4) is 0 Å². The average Bonchev–Trinajstić information content (AvgIpc) is 2.18. The number of rotatable bonds is 4. The molecule has 0 saturated heterocycles. The van der Waals surface area contributed by atoms with Gasteiger partial charge in [0.05, 0.1) is 0 Å². The van der Waals surface area contributed by atoms with Crippen LogP contribution in [0.4, 0.5) is 0 Å². The molecule has 0 bridgehead atoms. The van der Waals surface area contributed by atoms with Crippen LogP contribution in [-0.2, 0) is 18.4 Å². The fourth-order valence-electron chi connectivity index (χ4n) is 1.26. The molecule has 0 atom stereocenters. The lowest BCUT2D eigenvalue weighted by molar-refractivity contribution is -0.117. The van der Waals surface area contributed by atoms with Crippen molar-refractivity contribution < 1.29 is 4.79 Å². The number of ketones is 1. The average molecular weight is 210 g/mol. The van der Waals surface area contributed by atoms with Gasteiger partial charge in [0, 0.05) is 32.4 Å². The van der Waals surface area contributed by atoms with Crippen molar-refractivity contribution >= 4 is 5.78 Å². The Kier molecular flexibility index (Phi) is 3.60. The highest BCUT2D eigenvalue weighted by atomic mass is 16.2. The molecule has 0 amide bonds. The van der Waals surface area contributed by atoms with E-state index in [1.54, 1.807) is 6.20 Å². The van der Waals surface area contributed by atoms with Crippen LogP contribution in [-0.4, -0.2) is 14.9 Å². The Hall–Kier alpha value is -1.65. The van der Waals surface area contributed by atoms with Gasteiger partial charge in [0.2, 0.25) is 0 Å². The summed E-state index contributed by atoms with van der Waals surface area (Å²) in [6.07, 6.45) is 4.12. The molecule has 0 aliphatic carbocycles. The second kappa shape index (κ2) is 4.72. The molecule has 1 aromatic rings. The van der Waals surface area contributed by atoms with Crippen LogP contribution < -0.4 is 11.1 Å². The molecule has 0 saturated carbocycles. The minimum Gasteiger partial charge on any atom is -0.312 e. The minimum atomic E-state index is -0.541. The van der Waals surface area contributed by atoms with Crippen molar-refractivity contribution in [2.45, 2.75) is 26.3 Å². The number of carbonyl (C=O) groups is 1. The smallest absolute Gasteiger partial charge is 0.312 e. The second-order valence-electron chi connectivity index (χ2n) is 3.52. The first-order valence-corrected chi connectivity index (χ1v) is 4.78. The van der Waals surface area contributed by atoms with E-state index in [9.17, 15) is 14.4 Å². The zero-order chi connectivity index (χ0) is 11.4. The Balaban J connectivity index is 2.80. The molecule has 5 nitrogen and oxygen atoms in total. The van der Waals surface area contributed by atoms with E-state index in [1.165, 1.54) is 29.3 Å². The SMILES string of the molecule is CC(=O)CCCn1ccn(C)c(=O)c1=O. The van der Waals surface area contributed by atoms with E-state index in [0.29, 0.717) is 19.4 Å². The Morgan fingerprint density at radius 2 is 1.93 bits per heavy atom. The van der Waals surface area contributed by atoms with Crippen LogP contribution in [0.5, 0.6) is 0 Å². The Labute approximate surface area is 87.0 Å². The molecule has 0 aliphatic heterocycles. The summed E-state index contributed by atoms with van der Waals surface area (Å²) in [6, 6.07) is 0. The summed E-state index contributed by atoms with van der Waals surface area (Å²) in [5, 5.41) is 0. The molecule has 1 heterocycles. The normalized spacial score (nSPS) is 10.3. The summed E-state index contributed by atoms with van der Waals surface area (Å²) in [7, 11) is 1.53. The summed E-state index contributed by atoms with van der Waals surface area (Å²) in [5.41, 5.74) is -1.08. The van der Waals surface area contributed by atoms with Crippen LogP contribution in [0.1, 0.15) is 19.8 Å². The summed E-state index contributed by atoms with van der Waals surface area (Å²) in [4.78, 5) is 33.3. The van der Waals surface area contributed by atoms with Gasteiger partial charge in [0.15, 0.2) is 0 Å². The molecule has 15 heavy (non-hydrogen) atoms. The number of nitrogens with zero attached hydrogens (tertiary/aromatic N) is 2. The maximum Gasteiger partial charge on any atom is 0.316 e. The highest BCUT2D eigenvalue weighted by Gasteiger charge is 2.02. The molecule has 0 aromatic carbocycles. The number of aromatic nitrogens is 2. The van der Waals surface area contributed by atoms with Crippen molar-refractivity contribution in [3.05, 3.63) is 33.1 Å². The molecule has 0 N–H and O–H groups in total. The molecule has 5 heteroatoms. The number of hydrogen-bond acceptors (Lipinski definition) is 3. The predicted octanol–water partition coefficient (Wildman–Crippen LogP) is -0.0838. The third-order valence-electron chi connectivity index (χ3n) is 2.16. The zero-order valence-corrected chi connectivity index (χ0v) is 8.90. The summed E-state index contributed by atoms with van der Waals surface area (Å²) in [5.74, 6) is 0.0897. The van der Waals surface area contributed by atoms with Crippen molar-refractivity contribution in [3.63, 3.8) is 0 Å². The fourth-order valence-corrected chi connectivity index (χ4v) is 1.26. The first-order valence-electron chi connectivity index (χ1n) is 4.78. The monoisotopic (exact) mass is 210 g/mol. The molecule has 1 rings (SSSR count). The summed E-state index contributed by atoms with van der Waals surface area (Å²) >= 11 is 0. The van der Waals surface area contributed by atoms with Crippen molar-refractivity contribution in [1.29, 1.82) is 0 Å². The van der Waals surface area contributed by atoms with E-state index >= 15 is 0 Å². The lowest BCUT2D eigenvalue weighted by Gasteiger charge is -2.04. The van der Waals surface area contributed by atoms with Gasteiger partial charge in [-0.3, -0.25) is 9.59 Å². The first kappa shape index (κ1) is 11.4. The third-order valence-corrected chi connectivity index (χ3v) is 2.16. The maximum atomic E-state index is 11.4. The Bertz CT molecular complexity index is 470. The quantitative estimate of drug-likeness (QED) is 0.653. The summed E-state index contributed by atoms with van der Waals surface area (Å²) < 4.78 is 2.58. The predicted molar refractivity (Wildman–Crippen MR) is 55.9 cm³/mol. The first-order chi connectivity index (χ1) is 7.02. The number of carbonyl (C=O) groups excluding carboxylic acids is 1. The summed E-state index contributed by atoms with van der Waals surface area (Å²) in [6.45, 7) is 1.92. The van der Waals surface area contributed by atoms with E-state index in [4.69, 9.17) is 0 Å². The van der Waals surface area contributed by atoms with Crippen molar-refractivity contribution in [1.82, 2.24) is 9.13 Å². The van der Waals surface area contributed by atoms with Crippen LogP contribution in [0.15, 0.2) is 22.0 Å². The molecule has 0 unspecified atom stereocenters. The van der Waals surface area contributed by atoms with E-state index in [1.807, 2.05) is 0 Å². The van der Waals surface area contributed by atoms with Gasteiger partial charge in [-0.05, 0) is 13.3 Å². The van der Waals surface area contributed by atoms with Crippen LogP contribution in [0.2, 0.25) is 0 Å². The highest BCUT2D eigenvalue weighted by molar-refractivity contribution is 5.75. The third kappa shape index (κ3) is 2.90. The molecule has 0 aliphatic rings. The van der Waals surface area contributed by atoms with Crippen LogP contribution in [0.3, 0.4) is 0 Å². The van der Waals surface area contributed by atoms with Gasteiger partial charge in [-0.15, -0.1) is 0 Å². The van der Waals surface area contributed by atoms with Crippen LogP contribution in [0.25, 0.3) is 0 Å². The van der Waals surface area contributed by atoms with Gasteiger partial charge in [-0.25, -0.2) is 0 Å². The molecule has 82 valence electrons. The van der Waals surface area contributed by atoms with Crippen LogP contribution in [0, 0.1) is 0 Å². The van der Waals surface area contributed by atoms with Gasteiger partial charge < -0.3 is 13.9 Å². The van der Waals surface area contributed by atoms with Crippen molar-refractivity contribution in [2.24, 2.45) is 7.05 Å². The lowest BCUT2D eigenvalue weighted by Crippen LogP contribution is -2.39. The van der Waals surface area contributed by atoms with Gasteiger partial charge in [-0.2, -0.15) is 0 Å². The number of aryl methyl sites for hydroxylation is 2. The Morgan fingerprint density at radius 1 is 1.27 bits per heavy atom. The molecule has 0 spiro atoms. The Morgan fingerprint density at radius 3 is 2.53 bits per heavy atom. The van der Waals surface area contributed by atoms with Crippen molar-refractivity contribution in [2.75, 3.05) is 0 Å². The van der Waals surface area contributed by atoms with E-state index in [2.05, 4.69) is 0 Å². The molecule has 0 fully saturated rings. The lowest BCUT2D eigenvalue weighted by atomic mass is 10.2. The molecular weight excluding hydrogens is 196 g/mol. The van der Waals surface area contributed by atoms with Gasteiger partial charge in [-0.1, -0.05) is 0 Å². The number of hydrogen-bond donors (Lipinski definition) is 0. The second-order valence-corrected chi connectivity index (χ2v) is 3.52. The van der Waals surface area contributed by atoms with E-state index in [-0.39, 0.29) is 5.78 Å². The molecular formula is C10H14N2O3. The standard InChI is InChI=1S/C10H14N2O3/c1-8(13)4-3-5-12-7-6-11(2)9(14)10(12)15/h6-7H,3-5H2,1-2H3. The maximum absolute atomic E-state index is 11.4. The fraction of sp³-hybridized carbons (Fsp3) is 0.500. The van der Waals surface area contributed by atoms with Crippen LogP contribution >= 0.6 is 0 Å². The van der Waals surface area contributed by atoms with E-state index in [0.717, 1.165) is 0 Å². The van der Waals surface area contributed by atoms with Gasteiger partial charge >= 0.3 is 11.1 Å². The van der Waals surface area contributed by atoms with Gasteiger partial charge in [0.1, 0.15) is 5.78 Å². The number of Topliss-reactive ketones (excluding diaryl/α,β-unsaturated/α-hetero) is 1. The zero-order valence-electron chi connectivity index (χ0n) is 8.90.